The van der Waals surface area contributed by atoms with Gasteiger partial charge in [-0.1, -0.05) is 0 Å². The second-order valence-electron chi connectivity index (χ2n) is 5.92. The average Bonchev–Trinajstić information content (AvgIpc) is 2.72. The lowest BCUT2D eigenvalue weighted by atomic mass is 9.99. The Kier molecular flexibility index (Phi) is 4.31. The van der Waals surface area contributed by atoms with E-state index in [1.807, 2.05) is 25.7 Å². The molecule has 0 radical (unpaired) electrons. The number of nitrogens with two attached hydrogens (primary N) is 1. The second-order valence-corrected chi connectivity index (χ2v) is 5.92. The molecule has 2 unspecified atom stereocenters. The predicted octanol–water partition coefficient (Wildman–Crippen LogP) is 2.15. The van der Waals surface area contributed by atoms with Gasteiger partial charge in [0.2, 0.25) is 0 Å². The van der Waals surface area contributed by atoms with E-state index in [0.717, 1.165) is 12.8 Å². The van der Waals surface area contributed by atoms with E-state index >= 15 is 0 Å². The van der Waals surface area contributed by atoms with Gasteiger partial charge in [-0.2, -0.15) is 0 Å². The lowest BCUT2D eigenvalue weighted by molar-refractivity contribution is 0.00857. The van der Waals surface area contributed by atoms with Crippen molar-refractivity contribution in [2.75, 3.05) is 6.54 Å². The number of fused-ring (bicyclic) bond motifs is 2. The summed E-state index contributed by atoms with van der Waals surface area (Å²) < 4.78 is 5.44. The molecule has 1 saturated heterocycles. The molecule has 2 N–H and O–H groups in total. The third-order valence-electron chi connectivity index (χ3n) is 3.59. The molecule has 0 aromatic heterocycles. The van der Waals surface area contributed by atoms with Gasteiger partial charge in [0, 0.05) is 12.6 Å². The largest absolute Gasteiger partial charge is 0.444 e. The van der Waals surface area contributed by atoms with Crippen LogP contribution in [0.15, 0.2) is 0 Å². The number of hydrogen-bond acceptors (Lipinski definition) is 3. The zero-order valence-corrected chi connectivity index (χ0v) is 11.6. The number of piperidine rings is 1. The first kappa shape index (κ1) is 14.6. The quantitative estimate of drug-likeness (QED) is 0.788. The smallest absolute Gasteiger partial charge is 0.410 e. The first-order chi connectivity index (χ1) is 7.42. The fourth-order valence-electron chi connectivity index (χ4n) is 3.00. The van der Waals surface area contributed by atoms with Crippen LogP contribution >= 0.6 is 12.4 Å². The van der Waals surface area contributed by atoms with E-state index < -0.39 is 5.60 Å². The number of hydrogen-bond donors (Lipinski definition) is 1. The summed E-state index contributed by atoms with van der Waals surface area (Å²) in [4.78, 5) is 14.0. The van der Waals surface area contributed by atoms with E-state index in [1.165, 1.54) is 6.42 Å². The second kappa shape index (κ2) is 5.02. The third kappa shape index (κ3) is 2.86. The Labute approximate surface area is 109 Å². The summed E-state index contributed by atoms with van der Waals surface area (Å²) >= 11 is 0. The van der Waals surface area contributed by atoms with Crippen LogP contribution in [0.3, 0.4) is 0 Å². The van der Waals surface area contributed by atoms with Crippen molar-refractivity contribution in [3.8, 4) is 0 Å². The van der Waals surface area contributed by atoms with Crippen LogP contribution in [0.25, 0.3) is 0 Å². The molecule has 2 bridgehead atoms. The summed E-state index contributed by atoms with van der Waals surface area (Å²) in [5.74, 6) is 0.600. The average molecular weight is 263 g/mol. The van der Waals surface area contributed by atoms with Gasteiger partial charge >= 0.3 is 6.09 Å². The van der Waals surface area contributed by atoms with Crippen molar-refractivity contribution in [1.29, 1.82) is 0 Å². The summed E-state index contributed by atoms with van der Waals surface area (Å²) in [5, 5.41) is 0. The number of ether oxygens (including phenoxy) is 1. The normalized spacial score (nSPS) is 31.3. The number of nitrogens with zero attached hydrogens (tertiary/aromatic N) is 1. The molecule has 5 heteroatoms. The Balaban J connectivity index is 0.00000144. The highest BCUT2D eigenvalue weighted by atomic mass is 35.5. The van der Waals surface area contributed by atoms with Gasteiger partial charge in [-0.3, -0.25) is 0 Å². The molecule has 2 rings (SSSR count). The van der Waals surface area contributed by atoms with Gasteiger partial charge in [-0.15, -0.1) is 12.4 Å². The minimum absolute atomic E-state index is 0. The fraction of sp³-hybridized carbons (Fsp3) is 0.917. The maximum Gasteiger partial charge on any atom is 0.410 e. The van der Waals surface area contributed by atoms with Crippen LogP contribution in [0.5, 0.6) is 0 Å². The van der Waals surface area contributed by atoms with Crippen molar-refractivity contribution in [1.82, 2.24) is 4.90 Å². The molecule has 1 amide bonds. The van der Waals surface area contributed by atoms with Gasteiger partial charge in [-0.25, -0.2) is 4.79 Å². The summed E-state index contributed by atoms with van der Waals surface area (Å²) in [7, 11) is 0. The summed E-state index contributed by atoms with van der Waals surface area (Å²) in [5.41, 5.74) is 5.34. The van der Waals surface area contributed by atoms with E-state index in [-0.39, 0.29) is 24.5 Å². The van der Waals surface area contributed by atoms with Crippen LogP contribution in [-0.4, -0.2) is 35.2 Å². The first-order valence-corrected chi connectivity index (χ1v) is 6.14. The molecule has 0 aromatic rings. The molecule has 1 saturated carbocycles. The van der Waals surface area contributed by atoms with Crippen molar-refractivity contribution in [3.05, 3.63) is 0 Å². The number of amides is 1. The van der Waals surface area contributed by atoms with E-state index in [4.69, 9.17) is 10.5 Å². The van der Waals surface area contributed by atoms with Crippen LogP contribution in [-0.2, 0) is 4.74 Å². The SMILES string of the molecule is CC(C)(C)OC(=O)N1C2CCC(C2)[C@@H]1CN.Cl. The number of rotatable bonds is 1. The van der Waals surface area contributed by atoms with Crippen LogP contribution in [0.1, 0.15) is 40.0 Å². The maximum absolute atomic E-state index is 12.1. The minimum Gasteiger partial charge on any atom is -0.444 e. The van der Waals surface area contributed by atoms with E-state index in [2.05, 4.69) is 0 Å². The molecule has 17 heavy (non-hydrogen) atoms. The zero-order valence-electron chi connectivity index (χ0n) is 10.8. The number of carbonyl (C=O) groups is 1. The first-order valence-electron chi connectivity index (χ1n) is 6.14. The van der Waals surface area contributed by atoms with Gasteiger partial charge in [-0.05, 0) is 46.0 Å². The van der Waals surface area contributed by atoms with E-state index in [1.54, 1.807) is 0 Å². The van der Waals surface area contributed by atoms with Crippen molar-refractivity contribution in [2.45, 2.75) is 57.7 Å². The zero-order chi connectivity index (χ0) is 11.9. The van der Waals surface area contributed by atoms with Crippen molar-refractivity contribution < 1.29 is 9.53 Å². The maximum atomic E-state index is 12.1. The van der Waals surface area contributed by atoms with Gasteiger partial charge in [0.15, 0.2) is 0 Å². The van der Waals surface area contributed by atoms with Crippen LogP contribution < -0.4 is 5.73 Å². The molecule has 1 aliphatic heterocycles. The molecule has 2 aliphatic rings. The summed E-state index contributed by atoms with van der Waals surface area (Å²) in [6, 6.07) is 0.571. The van der Waals surface area contributed by atoms with E-state index in [9.17, 15) is 4.79 Å². The van der Waals surface area contributed by atoms with Crippen LogP contribution in [0.2, 0.25) is 0 Å². The highest BCUT2D eigenvalue weighted by molar-refractivity contribution is 5.85. The Morgan fingerprint density at radius 3 is 2.59 bits per heavy atom. The highest BCUT2D eigenvalue weighted by Crippen LogP contribution is 2.42. The lowest BCUT2D eigenvalue weighted by Gasteiger charge is -2.35. The third-order valence-corrected chi connectivity index (χ3v) is 3.59. The topological polar surface area (TPSA) is 55.6 Å². The fourth-order valence-corrected chi connectivity index (χ4v) is 3.00. The molecule has 3 atom stereocenters. The summed E-state index contributed by atoms with van der Waals surface area (Å²) in [6.07, 6.45) is 3.25. The molecule has 1 heterocycles. The number of carbonyl (C=O) groups excluding carboxylic acids is 1. The van der Waals surface area contributed by atoms with Gasteiger partial charge in [0.1, 0.15) is 5.60 Å². The van der Waals surface area contributed by atoms with Crippen molar-refractivity contribution >= 4 is 18.5 Å². The number of likely N-dealkylation sites (tertiary alicyclic amines) is 1. The van der Waals surface area contributed by atoms with Gasteiger partial charge < -0.3 is 15.4 Å². The van der Waals surface area contributed by atoms with Crippen LogP contribution in [0.4, 0.5) is 4.79 Å². The number of halogens is 1. The predicted molar refractivity (Wildman–Crippen MR) is 69.3 cm³/mol. The Hall–Kier alpha value is -0.480. The highest BCUT2D eigenvalue weighted by Gasteiger charge is 2.48. The van der Waals surface area contributed by atoms with Crippen LogP contribution in [0, 0.1) is 5.92 Å². The van der Waals surface area contributed by atoms with Crippen molar-refractivity contribution in [3.63, 3.8) is 0 Å². The minimum atomic E-state index is -0.419. The molecule has 0 aromatic carbocycles. The molecule has 2 fully saturated rings. The molecular weight excluding hydrogens is 240 g/mol. The Morgan fingerprint density at radius 1 is 1.41 bits per heavy atom. The molecule has 100 valence electrons. The van der Waals surface area contributed by atoms with Crippen molar-refractivity contribution in [2.24, 2.45) is 11.7 Å². The Bertz CT molecular complexity index is 291. The summed E-state index contributed by atoms with van der Waals surface area (Å²) in [6.45, 7) is 6.25. The lowest BCUT2D eigenvalue weighted by Crippen LogP contribution is -2.50. The van der Waals surface area contributed by atoms with Gasteiger partial charge in [0.25, 0.3) is 0 Å². The van der Waals surface area contributed by atoms with E-state index in [0.29, 0.717) is 18.5 Å². The Morgan fingerprint density at radius 2 is 2.06 bits per heavy atom. The molecular formula is C12H23ClN2O2. The molecule has 0 spiro atoms. The monoisotopic (exact) mass is 262 g/mol. The van der Waals surface area contributed by atoms with Gasteiger partial charge in [0.05, 0.1) is 6.04 Å². The molecule has 1 aliphatic carbocycles. The standard InChI is InChI=1S/C12H22N2O2.ClH/c1-12(2,3)16-11(15)14-9-5-4-8(6-9)10(14)7-13;/h8-10H,4-7,13H2,1-3H3;1H/t8?,9?,10-;/m0./s1. The molecule has 4 nitrogen and oxygen atoms in total.